The van der Waals surface area contributed by atoms with E-state index in [0.717, 1.165) is 6.42 Å². The molecular formula is C10H19N3O3S. The largest absolute Gasteiger partial charge is 0.360 e. The Morgan fingerprint density at radius 2 is 2.00 bits per heavy atom. The van der Waals surface area contributed by atoms with Crippen LogP contribution in [0.5, 0.6) is 0 Å². The minimum atomic E-state index is -3.55. The zero-order valence-electron chi connectivity index (χ0n) is 10.4. The summed E-state index contributed by atoms with van der Waals surface area (Å²) in [5, 5.41) is 3.67. The van der Waals surface area contributed by atoms with Gasteiger partial charge in [0.25, 0.3) is 0 Å². The number of rotatable bonds is 6. The zero-order chi connectivity index (χ0) is 13.1. The fraction of sp³-hybridized carbons (Fsp3) is 0.700. The first kappa shape index (κ1) is 14.1. The normalized spacial score (nSPS) is 12.3. The average Bonchev–Trinajstić information content (AvgIpc) is 2.58. The maximum atomic E-state index is 12.4. The molecule has 6 nitrogen and oxygen atoms in total. The van der Waals surface area contributed by atoms with Crippen molar-refractivity contribution in [1.82, 2.24) is 9.46 Å². The summed E-state index contributed by atoms with van der Waals surface area (Å²) in [4.78, 5) is 0.166. The Balaban J connectivity index is 3.16. The Morgan fingerprint density at radius 3 is 2.41 bits per heavy atom. The zero-order valence-corrected chi connectivity index (χ0v) is 11.2. The molecule has 0 saturated heterocycles. The van der Waals surface area contributed by atoms with Gasteiger partial charge in [-0.25, -0.2) is 8.42 Å². The minimum absolute atomic E-state index is 0.166. The molecule has 1 aromatic heterocycles. The van der Waals surface area contributed by atoms with E-state index in [1.165, 1.54) is 4.31 Å². The highest BCUT2D eigenvalue weighted by Crippen LogP contribution is 2.23. The molecule has 0 aliphatic rings. The van der Waals surface area contributed by atoms with Crippen LogP contribution in [-0.2, 0) is 10.0 Å². The average molecular weight is 261 g/mol. The van der Waals surface area contributed by atoms with Crippen LogP contribution in [0.2, 0.25) is 0 Å². The highest BCUT2D eigenvalue weighted by Gasteiger charge is 2.29. The second-order valence-corrected chi connectivity index (χ2v) is 5.72. The highest BCUT2D eigenvalue weighted by molar-refractivity contribution is 7.89. The molecule has 0 radical (unpaired) electrons. The van der Waals surface area contributed by atoms with Crippen molar-refractivity contribution in [2.45, 2.75) is 32.1 Å². The molecule has 0 saturated carbocycles. The Kier molecular flexibility index (Phi) is 4.67. The van der Waals surface area contributed by atoms with Gasteiger partial charge in [-0.3, -0.25) is 0 Å². The van der Waals surface area contributed by atoms with Crippen LogP contribution >= 0.6 is 0 Å². The smallest absolute Gasteiger partial charge is 0.248 e. The number of aryl methyl sites for hydroxylation is 2. The molecule has 7 heteroatoms. The van der Waals surface area contributed by atoms with Crippen molar-refractivity contribution < 1.29 is 12.9 Å². The molecule has 0 aliphatic carbocycles. The van der Waals surface area contributed by atoms with Crippen LogP contribution in [0.3, 0.4) is 0 Å². The predicted molar refractivity (Wildman–Crippen MR) is 64.1 cm³/mol. The molecule has 1 aromatic rings. The summed E-state index contributed by atoms with van der Waals surface area (Å²) in [5.74, 6) is 0.320. The number of hydrogen-bond acceptors (Lipinski definition) is 5. The van der Waals surface area contributed by atoms with Crippen LogP contribution < -0.4 is 5.73 Å². The summed E-state index contributed by atoms with van der Waals surface area (Å²) in [6.45, 7) is 6.19. The molecule has 1 rings (SSSR count). The SMILES string of the molecule is CCCN(CCN)S(=O)(=O)c1c(C)noc1C. The first-order valence-corrected chi connectivity index (χ1v) is 7.02. The quantitative estimate of drug-likeness (QED) is 0.812. The molecule has 0 atom stereocenters. The van der Waals surface area contributed by atoms with Gasteiger partial charge in [-0.15, -0.1) is 0 Å². The van der Waals surface area contributed by atoms with Crippen molar-refractivity contribution in [1.29, 1.82) is 0 Å². The lowest BCUT2D eigenvalue weighted by molar-refractivity contribution is 0.388. The van der Waals surface area contributed by atoms with Gasteiger partial charge in [0, 0.05) is 19.6 Å². The van der Waals surface area contributed by atoms with Crippen LogP contribution in [-0.4, -0.2) is 37.5 Å². The third-order valence-corrected chi connectivity index (χ3v) is 4.56. The highest BCUT2D eigenvalue weighted by atomic mass is 32.2. The van der Waals surface area contributed by atoms with E-state index in [9.17, 15) is 8.42 Å². The third-order valence-electron chi connectivity index (χ3n) is 2.42. The number of sulfonamides is 1. The van der Waals surface area contributed by atoms with Gasteiger partial charge in [0.15, 0.2) is 5.76 Å². The first-order valence-electron chi connectivity index (χ1n) is 5.58. The minimum Gasteiger partial charge on any atom is -0.360 e. The number of aromatic nitrogens is 1. The molecule has 2 N–H and O–H groups in total. The summed E-state index contributed by atoms with van der Waals surface area (Å²) >= 11 is 0. The van der Waals surface area contributed by atoms with Gasteiger partial charge < -0.3 is 10.3 Å². The van der Waals surface area contributed by atoms with Gasteiger partial charge >= 0.3 is 0 Å². The molecule has 0 aromatic carbocycles. The van der Waals surface area contributed by atoms with Crippen LogP contribution in [0.4, 0.5) is 0 Å². The van der Waals surface area contributed by atoms with E-state index >= 15 is 0 Å². The summed E-state index contributed by atoms with van der Waals surface area (Å²) in [7, 11) is -3.55. The number of hydrogen-bond donors (Lipinski definition) is 1. The van der Waals surface area contributed by atoms with Crippen molar-refractivity contribution >= 4 is 10.0 Å². The Morgan fingerprint density at radius 1 is 1.35 bits per heavy atom. The second kappa shape index (κ2) is 5.61. The fourth-order valence-electron chi connectivity index (χ4n) is 1.72. The maximum absolute atomic E-state index is 12.4. The van der Waals surface area contributed by atoms with E-state index in [-0.39, 0.29) is 4.90 Å². The van der Waals surface area contributed by atoms with E-state index in [4.69, 9.17) is 10.3 Å². The molecule has 98 valence electrons. The monoisotopic (exact) mass is 261 g/mol. The Labute approximate surface area is 102 Å². The lowest BCUT2D eigenvalue weighted by atomic mass is 10.4. The van der Waals surface area contributed by atoms with E-state index in [2.05, 4.69) is 5.16 Å². The molecule has 0 amide bonds. The van der Waals surface area contributed by atoms with Crippen LogP contribution in [0, 0.1) is 13.8 Å². The third kappa shape index (κ3) is 2.85. The second-order valence-electron chi connectivity index (χ2n) is 3.85. The molecule has 1 heterocycles. The maximum Gasteiger partial charge on any atom is 0.248 e. The molecule has 0 fully saturated rings. The van der Waals surface area contributed by atoms with E-state index in [0.29, 0.717) is 31.1 Å². The molecule has 0 spiro atoms. The Hall–Kier alpha value is -0.920. The topological polar surface area (TPSA) is 89.4 Å². The summed E-state index contributed by atoms with van der Waals surface area (Å²) < 4.78 is 31.0. The van der Waals surface area contributed by atoms with Gasteiger partial charge in [-0.2, -0.15) is 4.31 Å². The van der Waals surface area contributed by atoms with Gasteiger partial charge in [0.2, 0.25) is 10.0 Å². The van der Waals surface area contributed by atoms with Crippen molar-refractivity contribution in [3.63, 3.8) is 0 Å². The van der Waals surface area contributed by atoms with Crippen molar-refractivity contribution in [2.24, 2.45) is 5.73 Å². The first-order chi connectivity index (χ1) is 7.95. The van der Waals surface area contributed by atoms with Crippen molar-refractivity contribution in [3.05, 3.63) is 11.5 Å². The predicted octanol–water partition coefficient (Wildman–Crippen LogP) is 0.651. The van der Waals surface area contributed by atoms with E-state index < -0.39 is 10.0 Å². The van der Waals surface area contributed by atoms with E-state index in [1.54, 1.807) is 13.8 Å². The Bertz CT molecular complexity index is 442. The van der Waals surface area contributed by atoms with Gasteiger partial charge in [-0.1, -0.05) is 12.1 Å². The van der Waals surface area contributed by atoms with Crippen molar-refractivity contribution in [2.75, 3.05) is 19.6 Å². The lowest BCUT2D eigenvalue weighted by Gasteiger charge is -2.20. The molecule has 0 unspecified atom stereocenters. The van der Waals surface area contributed by atoms with Gasteiger partial charge in [0.1, 0.15) is 10.6 Å². The molecule has 0 bridgehead atoms. The van der Waals surface area contributed by atoms with Crippen LogP contribution in [0.15, 0.2) is 9.42 Å². The number of nitrogens with two attached hydrogens (primary N) is 1. The van der Waals surface area contributed by atoms with Crippen LogP contribution in [0.25, 0.3) is 0 Å². The molecule has 0 aliphatic heterocycles. The van der Waals surface area contributed by atoms with E-state index in [1.807, 2.05) is 6.92 Å². The summed E-state index contributed by atoms with van der Waals surface area (Å²) in [6.07, 6.45) is 0.739. The molecule has 17 heavy (non-hydrogen) atoms. The molecular weight excluding hydrogens is 242 g/mol. The fourth-order valence-corrected chi connectivity index (χ4v) is 3.56. The van der Waals surface area contributed by atoms with Crippen molar-refractivity contribution in [3.8, 4) is 0 Å². The lowest BCUT2D eigenvalue weighted by Crippen LogP contribution is -2.36. The summed E-state index contributed by atoms with van der Waals surface area (Å²) in [5.41, 5.74) is 5.83. The standard InChI is InChI=1S/C10H19N3O3S/c1-4-6-13(7-5-11)17(14,15)10-8(2)12-16-9(10)3/h4-7,11H2,1-3H3. The number of nitrogens with zero attached hydrogens (tertiary/aromatic N) is 2. The summed E-state index contributed by atoms with van der Waals surface area (Å²) in [6, 6.07) is 0. The van der Waals surface area contributed by atoms with Gasteiger partial charge in [-0.05, 0) is 20.3 Å². The van der Waals surface area contributed by atoms with Gasteiger partial charge in [0.05, 0.1) is 0 Å². The van der Waals surface area contributed by atoms with Crippen LogP contribution in [0.1, 0.15) is 24.8 Å².